The molecule has 1 unspecified atom stereocenters. The van der Waals surface area contributed by atoms with Crippen molar-refractivity contribution in [2.45, 2.75) is 71.6 Å². The highest BCUT2D eigenvalue weighted by atomic mass is 35.5. The molecule has 0 amide bonds. The van der Waals surface area contributed by atoms with Crippen LogP contribution in [0.4, 0.5) is 0 Å². The minimum Gasteiger partial charge on any atom is -0.414 e. The Labute approximate surface area is 209 Å². The summed E-state index contributed by atoms with van der Waals surface area (Å²) >= 11 is 12.5. The average Bonchev–Trinajstić information content (AvgIpc) is 3.22. The molecule has 1 aliphatic heterocycles. The van der Waals surface area contributed by atoms with E-state index in [-0.39, 0.29) is 15.6 Å². The van der Waals surface area contributed by atoms with Gasteiger partial charge in [0.25, 0.3) is 0 Å². The van der Waals surface area contributed by atoms with Crippen LogP contribution in [-0.4, -0.2) is 16.5 Å². The number of benzene rings is 2. The number of aromatic nitrogens is 1. The summed E-state index contributed by atoms with van der Waals surface area (Å²) < 4.78 is 14.0. The highest BCUT2D eigenvalue weighted by molar-refractivity contribution is 6.42. The second-order valence-electron chi connectivity index (χ2n) is 8.81. The number of cyclic esters (lactones) is 1. The van der Waals surface area contributed by atoms with Crippen molar-refractivity contribution in [3.05, 3.63) is 68.8 Å². The molecule has 7 heteroatoms. The number of para-hydroxylation sites is 1. The first-order valence-corrected chi connectivity index (χ1v) is 12.6. The van der Waals surface area contributed by atoms with Crippen LogP contribution in [0.15, 0.2) is 36.4 Å². The van der Waals surface area contributed by atoms with Gasteiger partial charge in [0.2, 0.25) is 0 Å². The van der Waals surface area contributed by atoms with E-state index >= 15 is 0 Å². The molecule has 5 nitrogen and oxygen atoms in total. The predicted molar refractivity (Wildman–Crippen MR) is 134 cm³/mol. The number of ether oxygens (including phenoxy) is 2. The molecule has 0 fully saturated rings. The quantitative estimate of drug-likeness (QED) is 0.224. The van der Waals surface area contributed by atoms with E-state index in [0.717, 1.165) is 36.0 Å². The number of hydrogen-bond donors (Lipinski definition) is 0. The van der Waals surface area contributed by atoms with Crippen molar-refractivity contribution in [3.63, 3.8) is 0 Å². The highest BCUT2D eigenvalue weighted by Gasteiger charge is 2.53. The number of aryl methyl sites for hydroxylation is 1. The summed E-state index contributed by atoms with van der Waals surface area (Å²) in [5.74, 6) is -2.91. The Morgan fingerprint density at radius 2 is 1.74 bits per heavy atom. The number of nitrogens with zero attached hydrogens (tertiary/aromatic N) is 1. The minimum atomic E-state index is -1.73. The zero-order chi connectivity index (χ0) is 24.5. The third-order valence-corrected chi connectivity index (χ3v) is 7.18. The van der Waals surface area contributed by atoms with Gasteiger partial charge in [-0.05, 0) is 31.5 Å². The van der Waals surface area contributed by atoms with E-state index in [4.69, 9.17) is 32.7 Å². The van der Waals surface area contributed by atoms with Crippen LogP contribution in [0.1, 0.15) is 79.6 Å². The van der Waals surface area contributed by atoms with Crippen LogP contribution in [-0.2, 0) is 26.6 Å². The Bertz CT molecular complexity index is 1250. The summed E-state index contributed by atoms with van der Waals surface area (Å²) in [6.07, 6.45) is 7.11. The van der Waals surface area contributed by atoms with Gasteiger partial charge in [-0.3, -0.25) is 4.79 Å². The Morgan fingerprint density at radius 3 is 2.47 bits per heavy atom. The van der Waals surface area contributed by atoms with Crippen LogP contribution in [0.25, 0.3) is 10.9 Å². The van der Waals surface area contributed by atoms with Crippen molar-refractivity contribution >= 4 is 46.0 Å². The van der Waals surface area contributed by atoms with E-state index in [9.17, 15) is 9.59 Å². The molecular weight excluding hydrogens is 473 g/mol. The first-order valence-electron chi connectivity index (χ1n) is 11.8. The molecule has 2 heterocycles. The first-order chi connectivity index (χ1) is 16.3. The first kappa shape index (κ1) is 24.6. The molecule has 0 saturated heterocycles. The second-order valence-corrected chi connectivity index (χ2v) is 9.62. The third kappa shape index (κ3) is 4.32. The maximum Gasteiger partial charge on any atom is 0.342 e. The third-order valence-electron chi connectivity index (χ3n) is 6.45. The fourth-order valence-electron chi connectivity index (χ4n) is 4.93. The van der Waals surface area contributed by atoms with Crippen LogP contribution < -0.4 is 0 Å². The molecule has 4 rings (SSSR count). The number of halogens is 2. The van der Waals surface area contributed by atoms with Crippen molar-refractivity contribution in [3.8, 4) is 0 Å². The predicted octanol–water partition coefficient (Wildman–Crippen LogP) is 7.55. The molecule has 0 radical (unpaired) electrons. The van der Waals surface area contributed by atoms with Gasteiger partial charge < -0.3 is 14.0 Å². The van der Waals surface area contributed by atoms with Crippen molar-refractivity contribution in [1.29, 1.82) is 0 Å². The van der Waals surface area contributed by atoms with E-state index in [1.807, 2.05) is 31.2 Å². The molecule has 0 bridgehead atoms. The van der Waals surface area contributed by atoms with Crippen molar-refractivity contribution in [2.75, 3.05) is 0 Å². The second kappa shape index (κ2) is 10.0. The average molecular weight is 502 g/mol. The lowest BCUT2D eigenvalue weighted by Gasteiger charge is -2.29. The van der Waals surface area contributed by atoms with E-state index in [1.165, 1.54) is 38.7 Å². The Balaban J connectivity index is 1.85. The van der Waals surface area contributed by atoms with E-state index in [2.05, 4.69) is 11.5 Å². The molecule has 180 valence electrons. The Hall–Kier alpha value is -2.50. The lowest BCUT2D eigenvalue weighted by Crippen LogP contribution is -2.34. The van der Waals surface area contributed by atoms with Gasteiger partial charge in [0.15, 0.2) is 0 Å². The fourth-order valence-corrected chi connectivity index (χ4v) is 5.26. The number of fused-ring (bicyclic) bond motifs is 2. The summed E-state index contributed by atoms with van der Waals surface area (Å²) in [7, 11) is 0. The smallest absolute Gasteiger partial charge is 0.342 e. The molecule has 1 atom stereocenters. The number of esters is 2. The zero-order valence-corrected chi connectivity index (χ0v) is 21.3. The number of carbonyl (C=O) groups excluding carboxylic acids is 2. The Morgan fingerprint density at radius 1 is 1.06 bits per heavy atom. The summed E-state index contributed by atoms with van der Waals surface area (Å²) in [4.78, 5) is 25.2. The molecule has 0 spiro atoms. The maximum absolute atomic E-state index is 12.9. The minimum absolute atomic E-state index is 0.234. The molecule has 3 aromatic rings. The molecule has 1 aliphatic rings. The van der Waals surface area contributed by atoms with E-state index in [0.29, 0.717) is 11.1 Å². The fraction of sp³-hybridized carbons (Fsp3) is 0.407. The molecule has 34 heavy (non-hydrogen) atoms. The molecule has 0 N–H and O–H groups in total. The monoisotopic (exact) mass is 501 g/mol. The van der Waals surface area contributed by atoms with Gasteiger partial charge in [0.05, 0.1) is 26.7 Å². The molecular formula is C27H29Cl2NO4. The van der Waals surface area contributed by atoms with Crippen LogP contribution in [0.5, 0.6) is 0 Å². The maximum atomic E-state index is 12.9. The highest BCUT2D eigenvalue weighted by Crippen LogP contribution is 2.49. The van der Waals surface area contributed by atoms with E-state index < -0.39 is 17.7 Å². The van der Waals surface area contributed by atoms with Gasteiger partial charge >= 0.3 is 17.7 Å². The zero-order valence-electron chi connectivity index (χ0n) is 19.7. The van der Waals surface area contributed by atoms with Crippen molar-refractivity contribution in [2.24, 2.45) is 0 Å². The van der Waals surface area contributed by atoms with Gasteiger partial charge in [-0.1, -0.05) is 80.4 Å². The van der Waals surface area contributed by atoms with Gasteiger partial charge in [-0.25, -0.2) is 4.79 Å². The number of hydrogen-bond acceptors (Lipinski definition) is 4. The topological polar surface area (TPSA) is 57.5 Å². The van der Waals surface area contributed by atoms with Gasteiger partial charge in [-0.15, -0.1) is 0 Å². The number of unbranched alkanes of at least 4 members (excludes halogenated alkanes) is 5. The lowest BCUT2D eigenvalue weighted by molar-refractivity contribution is -0.190. The summed E-state index contributed by atoms with van der Waals surface area (Å²) in [6.45, 7) is 6.30. The largest absolute Gasteiger partial charge is 0.414 e. The summed E-state index contributed by atoms with van der Waals surface area (Å²) in [5, 5.41) is 1.35. The van der Waals surface area contributed by atoms with Crippen LogP contribution in [0, 0.1) is 6.92 Å². The van der Waals surface area contributed by atoms with Crippen LogP contribution in [0.3, 0.4) is 0 Å². The summed E-state index contributed by atoms with van der Waals surface area (Å²) in [5.41, 5.74) is 3.13. The lowest BCUT2D eigenvalue weighted by atomic mass is 9.93. The number of carbonyl (C=O) groups is 2. The normalized spacial score (nSPS) is 17.1. The van der Waals surface area contributed by atoms with Gasteiger partial charge in [-0.2, -0.15) is 0 Å². The summed E-state index contributed by atoms with van der Waals surface area (Å²) in [6, 6.07) is 10.9. The number of rotatable bonds is 9. The molecule has 0 saturated carbocycles. The van der Waals surface area contributed by atoms with Crippen molar-refractivity contribution in [1.82, 2.24) is 4.57 Å². The van der Waals surface area contributed by atoms with Gasteiger partial charge in [0.1, 0.15) is 0 Å². The van der Waals surface area contributed by atoms with Crippen LogP contribution >= 0.6 is 23.2 Å². The molecule has 2 aromatic carbocycles. The standard InChI is InChI=1S/C27H29Cl2NO4/c1-4-5-6-7-8-11-14-30-17(2)25(19-12-9-10-13-24(19)30)27(33-18(3)31)21-16-23(29)22(28)15-20(21)26(32)34-27/h9-10,12-13,15-16H,4-8,11,14H2,1-3H3. The van der Waals surface area contributed by atoms with Crippen molar-refractivity contribution < 1.29 is 19.1 Å². The Kier molecular flexibility index (Phi) is 7.25. The van der Waals surface area contributed by atoms with E-state index in [1.54, 1.807) is 6.07 Å². The SMILES string of the molecule is CCCCCCCCn1c(C)c(C2(OC(C)=O)OC(=O)c3cc(Cl)c(Cl)cc32)c2ccccc21. The van der Waals surface area contributed by atoms with Gasteiger partial charge in [0, 0.05) is 30.1 Å². The molecule has 0 aliphatic carbocycles. The molecule has 1 aromatic heterocycles. The van der Waals surface area contributed by atoms with Crippen LogP contribution in [0.2, 0.25) is 10.0 Å².